The Morgan fingerprint density at radius 2 is 1.13 bits per heavy atom. The van der Waals surface area contributed by atoms with Gasteiger partial charge in [-0.05, 0) is 6.42 Å². The lowest BCUT2D eigenvalue weighted by atomic mass is 9.97. The van der Waals surface area contributed by atoms with Gasteiger partial charge in [0.05, 0.1) is 0 Å². The van der Waals surface area contributed by atoms with Crippen molar-refractivity contribution in [1.82, 2.24) is 10.6 Å². The van der Waals surface area contributed by atoms with Crippen LogP contribution in [-0.4, -0.2) is 11.8 Å². The summed E-state index contributed by atoms with van der Waals surface area (Å²) < 4.78 is 0. The van der Waals surface area contributed by atoms with Gasteiger partial charge in [0.1, 0.15) is 11.7 Å². The summed E-state index contributed by atoms with van der Waals surface area (Å²) in [7, 11) is 0. The minimum atomic E-state index is -0.538. The number of hydrogen-bond donors (Lipinski definition) is 2. The van der Waals surface area contributed by atoms with Crippen molar-refractivity contribution in [2.75, 3.05) is 0 Å². The molecule has 23 heavy (non-hydrogen) atoms. The molecule has 1 saturated heterocycles. The first-order valence-electron chi connectivity index (χ1n) is 9.45. The van der Waals surface area contributed by atoms with E-state index in [1.807, 2.05) is 0 Å². The SMILES string of the molecule is C=C1NC(=O)C(CCCCCCCCCCCCCC)C(=O)N1. The zero-order valence-electron chi connectivity index (χ0n) is 14.8. The van der Waals surface area contributed by atoms with E-state index >= 15 is 0 Å². The van der Waals surface area contributed by atoms with Crippen molar-refractivity contribution in [3.63, 3.8) is 0 Å². The van der Waals surface area contributed by atoms with Gasteiger partial charge in [-0.1, -0.05) is 90.6 Å². The molecule has 4 nitrogen and oxygen atoms in total. The minimum Gasteiger partial charge on any atom is -0.312 e. The molecule has 1 rings (SSSR count). The van der Waals surface area contributed by atoms with E-state index in [4.69, 9.17) is 0 Å². The lowest BCUT2D eigenvalue weighted by molar-refractivity contribution is -0.137. The maximum atomic E-state index is 11.7. The molecule has 1 heterocycles. The third kappa shape index (κ3) is 8.77. The van der Waals surface area contributed by atoms with Crippen LogP contribution >= 0.6 is 0 Å². The zero-order chi connectivity index (χ0) is 16.9. The second-order valence-electron chi connectivity index (χ2n) is 6.69. The second kappa shape index (κ2) is 12.1. The van der Waals surface area contributed by atoms with Crippen LogP contribution in [0.3, 0.4) is 0 Å². The van der Waals surface area contributed by atoms with E-state index in [9.17, 15) is 9.59 Å². The molecule has 1 aliphatic rings. The molecular weight excluding hydrogens is 288 g/mol. The Morgan fingerprint density at radius 3 is 1.57 bits per heavy atom. The summed E-state index contributed by atoms with van der Waals surface area (Å²) in [4.78, 5) is 23.4. The first kappa shape index (κ1) is 19.7. The fraction of sp³-hybridized carbons (Fsp3) is 0.789. The molecule has 0 atom stereocenters. The largest absolute Gasteiger partial charge is 0.312 e. The predicted molar refractivity (Wildman–Crippen MR) is 94.6 cm³/mol. The Morgan fingerprint density at radius 1 is 0.739 bits per heavy atom. The van der Waals surface area contributed by atoms with Crippen molar-refractivity contribution >= 4 is 11.8 Å². The molecule has 0 bridgehead atoms. The average molecular weight is 322 g/mol. The Hall–Kier alpha value is -1.32. The number of carbonyl (C=O) groups is 2. The van der Waals surface area contributed by atoms with Crippen molar-refractivity contribution in [3.8, 4) is 0 Å². The fourth-order valence-corrected chi connectivity index (χ4v) is 3.07. The van der Waals surface area contributed by atoms with Crippen LogP contribution in [0.15, 0.2) is 12.4 Å². The van der Waals surface area contributed by atoms with E-state index in [1.165, 1.54) is 64.2 Å². The number of rotatable bonds is 13. The highest BCUT2D eigenvalue weighted by molar-refractivity contribution is 6.04. The molecule has 0 spiro atoms. The molecule has 0 radical (unpaired) electrons. The summed E-state index contributed by atoms with van der Waals surface area (Å²) in [6.07, 6.45) is 16.1. The van der Waals surface area contributed by atoms with Gasteiger partial charge in [-0.2, -0.15) is 0 Å². The number of hydrogen-bond acceptors (Lipinski definition) is 2. The monoisotopic (exact) mass is 322 g/mol. The van der Waals surface area contributed by atoms with E-state index in [1.54, 1.807) is 0 Å². The molecule has 2 N–H and O–H groups in total. The molecule has 2 amide bonds. The van der Waals surface area contributed by atoms with E-state index in [2.05, 4.69) is 24.1 Å². The van der Waals surface area contributed by atoms with Crippen molar-refractivity contribution in [2.24, 2.45) is 5.92 Å². The summed E-state index contributed by atoms with van der Waals surface area (Å²) in [5.74, 6) is -0.654. The van der Waals surface area contributed by atoms with Gasteiger partial charge < -0.3 is 10.6 Å². The fourth-order valence-electron chi connectivity index (χ4n) is 3.07. The van der Waals surface area contributed by atoms with Crippen molar-refractivity contribution in [1.29, 1.82) is 0 Å². The lowest BCUT2D eigenvalue weighted by Crippen LogP contribution is -2.50. The van der Waals surface area contributed by atoms with Gasteiger partial charge in [0, 0.05) is 0 Å². The van der Waals surface area contributed by atoms with Crippen LogP contribution in [0.4, 0.5) is 0 Å². The minimum absolute atomic E-state index is 0.207. The quantitative estimate of drug-likeness (QED) is 0.390. The predicted octanol–water partition coefficient (Wildman–Crippen LogP) is 4.41. The van der Waals surface area contributed by atoms with Crippen LogP contribution in [0.25, 0.3) is 0 Å². The maximum absolute atomic E-state index is 11.7. The molecule has 0 aromatic heterocycles. The number of nitrogens with one attached hydrogen (secondary N) is 2. The summed E-state index contributed by atoms with van der Waals surface area (Å²) in [5.41, 5.74) is 0. The zero-order valence-corrected chi connectivity index (χ0v) is 14.8. The maximum Gasteiger partial charge on any atom is 0.238 e. The van der Waals surface area contributed by atoms with Gasteiger partial charge in [0.2, 0.25) is 11.8 Å². The molecule has 0 aliphatic carbocycles. The molecule has 1 fully saturated rings. The molecule has 0 saturated carbocycles. The first-order valence-corrected chi connectivity index (χ1v) is 9.45. The Labute approximate surface area is 141 Å². The topological polar surface area (TPSA) is 58.2 Å². The molecule has 0 aromatic rings. The van der Waals surface area contributed by atoms with Crippen LogP contribution in [0.5, 0.6) is 0 Å². The van der Waals surface area contributed by atoms with Gasteiger partial charge in [-0.25, -0.2) is 0 Å². The summed E-state index contributed by atoms with van der Waals surface area (Å²) in [6, 6.07) is 0. The molecule has 0 unspecified atom stereocenters. The Balaban J connectivity index is 1.91. The van der Waals surface area contributed by atoms with Crippen molar-refractivity contribution < 1.29 is 9.59 Å². The van der Waals surface area contributed by atoms with Crippen LogP contribution < -0.4 is 10.6 Å². The van der Waals surface area contributed by atoms with Gasteiger partial charge >= 0.3 is 0 Å². The van der Waals surface area contributed by atoms with Crippen molar-refractivity contribution in [2.45, 2.75) is 90.4 Å². The van der Waals surface area contributed by atoms with Gasteiger partial charge in [0.15, 0.2) is 0 Å². The summed E-state index contributed by atoms with van der Waals surface area (Å²) >= 11 is 0. The summed E-state index contributed by atoms with van der Waals surface area (Å²) in [5, 5.41) is 5.18. The smallest absolute Gasteiger partial charge is 0.238 e. The molecular formula is C19H34N2O2. The highest BCUT2D eigenvalue weighted by Crippen LogP contribution is 2.16. The molecule has 1 aliphatic heterocycles. The lowest BCUT2D eigenvalue weighted by Gasteiger charge is -2.23. The third-order valence-corrected chi connectivity index (χ3v) is 4.53. The standard InChI is InChI=1S/C19H34N2O2/c1-3-4-5-6-7-8-9-10-11-12-13-14-15-17-18(22)20-16(2)21-19(17)23/h17H,2-15H2,1H3,(H,20,22)(H,21,23). The van der Waals surface area contributed by atoms with Gasteiger partial charge in [-0.15, -0.1) is 0 Å². The van der Waals surface area contributed by atoms with Crippen molar-refractivity contribution in [3.05, 3.63) is 12.4 Å². The van der Waals surface area contributed by atoms with Crippen LogP contribution in [-0.2, 0) is 9.59 Å². The van der Waals surface area contributed by atoms with E-state index < -0.39 is 5.92 Å². The normalized spacial score (nSPS) is 15.6. The highest BCUT2D eigenvalue weighted by atomic mass is 16.2. The Kier molecular flexibility index (Phi) is 10.4. The van der Waals surface area contributed by atoms with E-state index in [0.717, 1.165) is 12.8 Å². The molecule has 4 heteroatoms. The Bertz CT molecular complexity index is 360. The van der Waals surface area contributed by atoms with E-state index in [-0.39, 0.29) is 11.8 Å². The highest BCUT2D eigenvalue weighted by Gasteiger charge is 2.30. The van der Waals surface area contributed by atoms with E-state index in [0.29, 0.717) is 12.2 Å². The van der Waals surface area contributed by atoms with Crippen LogP contribution in [0, 0.1) is 5.92 Å². The molecule has 132 valence electrons. The number of carbonyl (C=O) groups excluding carboxylic acids is 2. The van der Waals surface area contributed by atoms with Gasteiger partial charge in [0.25, 0.3) is 0 Å². The van der Waals surface area contributed by atoms with Crippen LogP contribution in [0.2, 0.25) is 0 Å². The number of amides is 2. The second-order valence-corrected chi connectivity index (χ2v) is 6.69. The summed E-state index contributed by atoms with van der Waals surface area (Å²) in [6.45, 7) is 5.81. The third-order valence-electron chi connectivity index (χ3n) is 4.53. The first-order chi connectivity index (χ1) is 11.1. The van der Waals surface area contributed by atoms with Crippen LogP contribution in [0.1, 0.15) is 90.4 Å². The number of unbranched alkanes of at least 4 members (excludes halogenated alkanes) is 11. The van der Waals surface area contributed by atoms with Gasteiger partial charge in [-0.3, -0.25) is 9.59 Å². The average Bonchev–Trinajstić information content (AvgIpc) is 2.50. The molecule has 0 aromatic carbocycles.